The Labute approximate surface area is 169 Å². The van der Waals surface area contributed by atoms with E-state index in [0.29, 0.717) is 13.0 Å². The van der Waals surface area contributed by atoms with Crippen LogP contribution in [-0.2, 0) is 9.53 Å². The van der Waals surface area contributed by atoms with Crippen LogP contribution >= 0.6 is 11.6 Å². The molecule has 1 aromatic carbocycles. The first kappa shape index (κ1) is 20.7. The lowest BCUT2D eigenvalue weighted by Gasteiger charge is -2.49. The van der Waals surface area contributed by atoms with Gasteiger partial charge in [-0.05, 0) is 58.1 Å². The number of benzene rings is 1. The van der Waals surface area contributed by atoms with Gasteiger partial charge in [-0.25, -0.2) is 9.18 Å². The van der Waals surface area contributed by atoms with Gasteiger partial charge >= 0.3 is 6.09 Å². The average Bonchev–Trinajstić information content (AvgIpc) is 2.62. The van der Waals surface area contributed by atoms with Crippen molar-refractivity contribution >= 4 is 23.6 Å². The van der Waals surface area contributed by atoms with Crippen molar-refractivity contribution in [2.75, 3.05) is 13.2 Å². The smallest absolute Gasteiger partial charge is 0.410 e. The van der Waals surface area contributed by atoms with Crippen LogP contribution in [0.15, 0.2) is 18.2 Å². The van der Waals surface area contributed by atoms with Gasteiger partial charge in [0.2, 0.25) is 0 Å². The number of hydrogen-bond acceptors (Lipinski definition) is 4. The highest BCUT2D eigenvalue weighted by Crippen LogP contribution is 2.36. The molecule has 154 valence electrons. The van der Waals surface area contributed by atoms with E-state index in [9.17, 15) is 14.0 Å². The highest BCUT2D eigenvalue weighted by atomic mass is 35.5. The first-order valence-corrected chi connectivity index (χ1v) is 9.87. The van der Waals surface area contributed by atoms with Gasteiger partial charge in [0.1, 0.15) is 17.2 Å². The number of carbonyl (C=O) groups excluding carboxylic acids is 2. The topological polar surface area (TPSA) is 67.9 Å². The maximum absolute atomic E-state index is 13.4. The molecule has 4 rings (SSSR count). The van der Waals surface area contributed by atoms with Crippen molar-refractivity contribution in [2.24, 2.45) is 5.92 Å². The van der Waals surface area contributed by atoms with E-state index in [2.05, 4.69) is 5.32 Å². The molecule has 0 aromatic heterocycles. The minimum Gasteiger partial charge on any atom is -0.484 e. The van der Waals surface area contributed by atoms with E-state index in [1.807, 2.05) is 20.8 Å². The summed E-state index contributed by atoms with van der Waals surface area (Å²) < 4.78 is 24.3. The van der Waals surface area contributed by atoms with Crippen LogP contribution in [0.3, 0.4) is 0 Å². The molecule has 2 heterocycles. The van der Waals surface area contributed by atoms with Crippen LogP contribution < -0.4 is 10.1 Å². The van der Waals surface area contributed by atoms with Crippen molar-refractivity contribution in [3.05, 3.63) is 29.0 Å². The van der Waals surface area contributed by atoms with E-state index >= 15 is 0 Å². The zero-order chi connectivity index (χ0) is 20.5. The molecule has 0 radical (unpaired) electrons. The normalized spacial score (nSPS) is 24.0. The van der Waals surface area contributed by atoms with Gasteiger partial charge < -0.3 is 19.7 Å². The fourth-order valence-electron chi connectivity index (χ4n) is 3.80. The Bertz CT molecular complexity index is 752. The molecular formula is C20H26ClFN2O4. The Kier molecular flexibility index (Phi) is 6.03. The molecule has 2 saturated heterocycles. The van der Waals surface area contributed by atoms with Crippen LogP contribution in [0.5, 0.6) is 5.75 Å². The number of piperidine rings is 2. The van der Waals surface area contributed by atoms with Gasteiger partial charge in [-0.15, -0.1) is 0 Å². The van der Waals surface area contributed by atoms with E-state index < -0.39 is 11.4 Å². The lowest BCUT2D eigenvalue weighted by Crippen LogP contribution is -2.61. The maximum Gasteiger partial charge on any atom is 0.410 e. The van der Waals surface area contributed by atoms with Gasteiger partial charge in [0.05, 0.1) is 5.02 Å². The van der Waals surface area contributed by atoms with Crippen LogP contribution in [-0.4, -0.2) is 47.7 Å². The summed E-state index contributed by atoms with van der Waals surface area (Å²) in [7, 11) is 0. The van der Waals surface area contributed by atoms with Crippen molar-refractivity contribution in [2.45, 2.75) is 57.7 Å². The predicted octanol–water partition coefficient (Wildman–Crippen LogP) is 3.76. The molecule has 3 fully saturated rings. The monoisotopic (exact) mass is 412 g/mol. The molecule has 1 saturated carbocycles. The van der Waals surface area contributed by atoms with Crippen molar-refractivity contribution in [1.82, 2.24) is 10.2 Å². The molecule has 3 atom stereocenters. The highest BCUT2D eigenvalue weighted by molar-refractivity contribution is 6.30. The third kappa shape index (κ3) is 5.07. The number of ether oxygens (including phenoxy) is 2. The summed E-state index contributed by atoms with van der Waals surface area (Å²) in [6.45, 7) is 5.92. The molecule has 28 heavy (non-hydrogen) atoms. The molecular weight excluding hydrogens is 387 g/mol. The summed E-state index contributed by atoms with van der Waals surface area (Å²) >= 11 is 5.63. The van der Waals surface area contributed by atoms with Crippen LogP contribution in [0.1, 0.15) is 40.0 Å². The lowest BCUT2D eigenvalue weighted by molar-refractivity contribution is -0.125. The fraction of sp³-hybridized carbons (Fsp3) is 0.600. The molecule has 6 nitrogen and oxygen atoms in total. The quantitative estimate of drug-likeness (QED) is 0.817. The molecule has 0 spiro atoms. The summed E-state index contributed by atoms with van der Waals surface area (Å²) in [5, 5.41) is 3.00. The average molecular weight is 413 g/mol. The van der Waals surface area contributed by atoms with Crippen molar-refractivity contribution in [3.63, 3.8) is 0 Å². The second-order valence-corrected chi connectivity index (χ2v) is 8.81. The first-order chi connectivity index (χ1) is 13.1. The molecule has 1 N–H and O–H groups in total. The van der Waals surface area contributed by atoms with Crippen LogP contribution in [0.4, 0.5) is 9.18 Å². The SMILES string of the molecule is CC(C)(C)OC(=O)N1CC2CCC1CC2NC(=O)COc1ccc(Cl)c(F)c1. The van der Waals surface area contributed by atoms with E-state index in [-0.39, 0.29) is 47.4 Å². The Morgan fingerprint density at radius 1 is 1.32 bits per heavy atom. The number of hydrogen-bond donors (Lipinski definition) is 1. The fourth-order valence-corrected chi connectivity index (χ4v) is 3.92. The summed E-state index contributed by atoms with van der Waals surface area (Å²) in [5.41, 5.74) is -0.528. The van der Waals surface area contributed by atoms with Crippen LogP contribution in [0.2, 0.25) is 5.02 Å². The van der Waals surface area contributed by atoms with E-state index in [1.165, 1.54) is 12.1 Å². The number of nitrogens with zero attached hydrogens (tertiary/aromatic N) is 1. The largest absolute Gasteiger partial charge is 0.484 e. The molecule has 2 aliphatic heterocycles. The van der Waals surface area contributed by atoms with Gasteiger partial charge in [-0.2, -0.15) is 0 Å². The summed E-state index contributed by atoms with van der Waals surface area (Å²) in [6, 6.07) is 4.11. The number of amides is 2. The molecule has 1 aliphatic carbocycles. The Hall–Kier alpha value is -2.02. The molecule has 8 heteroatoms. The molecule has 2 bridgehead atoms. The van der Waals surface area contributed by atoms with Gasteiger partial charge in [-0.3, -0.25) is 4.79 Å². The minimum absolute atomic E-state index is 0.00418. The third-order valence-electron chi connectivity index (χ3n) is 5.07. The van der Waals surface area contributed by atoms with Gasteiger partial charge in [0.25, 0.3) is 5.91 Å². The zero-order valence-corrected chi connectivity index (χ0v) is 17.1. The van der Waals surface area contributed by atoms with E-state index in [0.717, 1.165) is 18.9 Å². The van der Waals surface area contributed by atoms with Crippen molar-refractivity contribution in [3.8, 4) is 5.75 Å². The Morgan fingerprint density at radius 3 is 2.68 bits per heavy atom. The third-order valence-corrected chi connectivity index (χ3v) is 5.38. The highest BCUT2D eigenvalue weighted by Gasteiger charge is 2.44. The number of halogens is 2. The summed E-state index contributed by atoms with van der Waals surface area (Å²) in [5.74, 6) is -0.420. The summed E-state index contributed by atoms with van der Waals surface area (Å²) in [6.07, 6.45) is 2.28. The van der Waals surface area contributed by atoms with Crippen LogP contribution in [0.25, 0.3) is 0 Å². The van der Waals surface area contributed by atoms with Crippen LogP contribution in [0, 0.1) is 11.7 Å². The van der Waals surface area contributed by atoms with Crippen molar-refractivity contribution < 1.29 is 23.5 Å². The zero-order valence-electron chi connectivity index (χ0n) is 16.3. The maximum atomic E-state index is 13.4. The van der Waals surface area contributed by atoms with E-state index in [4.69, 9.17) is 21.1 Å². The minimum atomic E-state index is -0.591. The van der Waals surface area contributed by atoms with Gasteiger partial charge in [-0.1, -0.05) is 11.6 Å². The standard InChI is InChI=1S/C20H26ClFN2O4/c1-20(2,3)28-19(26)24-10-12-4-5-13(24)8-17(12)23-18(25)11-27-14-6-7-15(21)16(22)9-14/h6-7,9,12-13,17H,4-5,8,10-11H2,1-3H3,(H,23,25). The number of carbonyl (C=O) groups is 2. The Morgan fingerprint density at radius 2 is 2.07 bits per heavy atom. The van der Waals surface area contributed by atoms with Crippen molar-refractivity contribution in [1.29, 1.82) is 0 Å². The molecule has 2 amide bonds. The summed E-state index contributed by atoms with van der Waals surface area (Å²) in [4.78, 5) is 26.4. The number of rotatable bonds is 4. The van der Waals surface area contributed by atoms with Gasteiger partial charge in [0, 0.05) is 24.7 Å². The lowest BCUT2D eigenvalue weighted by atomic mass is 9.76. The second-order valence-electron chi connectivity index (χ2n) is 8.40. The first-order valence-electron chi connectivity index (χ1n) is 9.49. The number of nitrogens with one attached hydrogen (secondary N) is 1. The molecule has 1 aromatic rings. The number of fused-ring (bicyclic) bond motifs is 3. The predicted molar refractivity (Wildman–Crippen MR) is 103 cm³/mol. The molecule has 3 aliphatic rings. The molecule has 3 unspecified atom stereocenters. The van der Waals surface area contributed by atoms with Gasteiger partial charge in [0.15, 0.2) is 6.61 Å². The second kappa shape index (κ2) is 8.15. The Balaban J connectivity index is 1.50. The van der Waals surface area contributed by atoms with E-state index in [1.54, 1.807) is 4.90 Å².